The Bertz CT molecular complexity index is 665. The monoisotopic (exact) mass is 388 g/mol. The number of ether oxygens (including phenoxy) is 2. The lowest BCUT2D eigenvalue weighted by atomic mass is 10.1. The van der Waals surface area contributed by atoms with Crippen LogP contribution in [0.15, 0.2) is 12.1 Å². The lowest BCUT2D eigenvalue weighted by Gasteiger charge is -2.35. The molecular formula is C17H22Cl2N2O4. The Balaban J connectivity index is 2.08. The van der Waals surface area contributed by atoms with Crippen LogP contribution < -0.4 is 4.74 Å². The largest absolute Gasteiger partial charge is 0.494 e. The second-order valence-corrected chi connectivity index (χ2v) is 7.51. The molecule has 1 saturated heterocycles. The normalized spacial score (nSPS) is 15.1. The Morgan fingerprint density at radius 1 is 1.00 bits per heavy atom. The molecule has 1 aliphatic rings. The van der Waals surface area contributed by atoms with Crippen molar-refractivity contribution < 1.29 is 19.1 Å². The van der Waals surface area contributed by atoms with E-state index in [2.05, 4.69) is 0 Å². The number of hydrogen-bond acceptors (Lipinski definition) is 4. The number of halogens is 2. The van der Waals surface area contributed by atoms with E-state index in [-0.39, 0.29) is 28.3 Å². The molecule has 0 unspecified atom stereocenters. The average molecular weight is 389 g/mol. The number of carbonyl (C=O) groups excluding carboxylic acids is 2. The number of rotatable bonds is 2. The second kappa shape index (κ2) is 7.70. The highest BCUT2D eigenvalue weighted by Gasteiger charge is 2.30. The highest BCUT2D eigenvalue weighted by atomic mass is 35.5. The fraction of sp³-hybridized carbons (Fsp3) is 0.529. The predicted molar refractivity (Wildman–Crippen MR) is 96.7 cm³/mol. The van der Waals surface area contributed by atoms with E-state index in [0.29, 0.717) is 31.2 Å². The number of methoxy groups -OCH3 is 1. The van der Waals surface area contributed by atoms with Crippen molar-refractivity contribution in [3.8, 4) is 5.75 Å². The minimum absolute atomic E-state index is 0.238. The van der Waals surface area contributed by atoms with E-state index in [9.17, 15) is 9.59 Å². The molecule has 2 rings (SSSR count). The quantitative estimate of drug-likeness (QED) is 0.774. The number of nitrogens with zero attached hydrogens (tertiary/aromatic N) is 2. The van der Waals surface area contributed by atoms with Crippen molar-refractivity contribution in [1.29, 1.82) is 0 Å². The molecule has 1 aliphatic heterocycles. The van der Waals surface area contributed by atoms with Crippen LogP contribution in [0.4, 0.5) is 4.79 Å². The topological polar surface area (TPSA) is 59.1 Å². The zero-order valence-corrected chi connectivity index (χ0v) is 16.3. The summed E-state index contributed by atoms with van der Waals surface area (Å²) in [6.45, 7) is 6.99. The summed E-state index contributed by atoms with van der Waals surface area (Å²) in [5, 5.41) is 0.600. The number of carbonyl (C=O) groups is 2. The van der Waals surface area contributed by atoms with E-state index < -0.39 is 5.60 Å². The highest BCUT2D eigenvalue weighted by Crippen LogP contribution is 2.34. The van der Waals surface area contributed by atoms with Gasteiger partial charge in [0, 0.05) is 26.2 Å². The molecule has 6 nitrogen and oxygen atoms in total. The smallest absolute Gasteiger partial charge is 0.410 e. The molecule has 0 radical (unpaired) electrons. The van der Waals surface area contributed by atoms with Gasteiger partial charge < -0.3 is 19.3 Å². The van der Waals surface area contributed by atoms with Crippen molar-refractivity contribution >= 4 is 35.2 Å². The average Bonchev–Trinajstić information content (AvgIpc) is 2.54. The van der Waals surface area contributed by atoms with Gasteiger partial charge in [-0.1, -0.05) is 23.2 Å². The molecule has 1 fully saturated rings. The zero-order chi connectivity index (χ0) is 18.8. The van der Waals surface area contributed by atoms with Gasteiger partial charge in [0.25, 0.3) is 5.91 Å². The Hall–Kier alpha value is -1.66. The lowest BCUT2D eigenvalue weighted by Crippen LogP contribution is -2.51. The molecule has 0 aliphatic carbocycles. The van der Waals surface area contributed by atoms with Gasteiger partial charge in [-0.25, -0.2) is 4.79 Å². The van der Waals surface area contributed by atoms with Crippen LogP contribution >= 0.6 is 23.2 Å². The van der Waals surface area contributed by atoms with E-state index in [0.717, 1.165) is 0 Å². The molecule has 25 heavy (non-hydrogen) atoms. The van der Waals surface area contributed by atoms with Crippen molar-refractivity contribution in [1.82, 2.24) is 9.80 Å². The highest BCUT2D eigenvalue weighted by molar-refractivity contribution is 6.37. The van der Waals surface area contributed by atoms with Crippen LogP contribution in [0.1, 0.15) is 31.1 Å². The SMILES string of the molecule is COc1c(Cl)ccc(Cl)c1C(=O)N1CCN(C(=O)OC(C)(C)C)CC1. The first kappa shape index (κ1) is 19.7. The van der Waals surface area contributed by atoms with Gasteiger partial charge in [0.15, 0.2) is 5.75 Å². The summed E-state index contributed by atoms with van der Waals surface area (Å²) in [5.74, 6) is -0.0121. The van der Waals surface area contributed by atoms with Gasteiger partial charge in [-0.3, -0.25) is 4.79 Å². The van der Waals surface area contributed by atoms with Crippen molar-refractivity contribution in [3.63, 3.8) is 0 Å². The fourth-order valence-electron chi connectivity index (χ4n) is 2.51. The molecule has 0 aromatic heterocycles. The van der Waals surface area contributed by atoms with Gasteiger partial charge >= 0.3 is 6.09 Å². The summed E-state index contributed by atoms with van der Waals surface area (Å²) in [4.78, 5) is 28.1. The number of hydrogen-bond donors (Lipinski definition) is 0. The Labute approximate surface area is 157 Å². The number of piperazine rings is 1. The standard InChI is InChI=1S/C17H22Cl2N2O4/c1-17(2,3)25-16(23)21-9-7-20(8-10-21)15(22)13-11(18)5-6-12(19)14(13)24-4/h5-6H,7-10H2,1-4H3. The summed E-state index contributed by atoms with van der Waals surface area (Å²) in [7, 11) is 1.44. The first-order chi connectivity index (χ1) is 11.6. The minimum atomic E-state index is -0.550. The first-order valence-corrected chi connectivity index (χ1v) is 8.69. The van der Waals surface area contributed by atoms with Crippen molar-refractivity contribution in [2.24, 2.45) is 0 Å². The maximum Gasteiger partial charge on any atom is 0.410 e. The van der Waals surface area contributed by atoms with Crippen LogP contribution in [-0.2, 0) is 4.74 Å². The van der Waals surface area contributed by atoms with E-state index in [1.54, 1.807) is 21.9 Å². The molecule has 2 amide bonds. The van der Waals surface area contributed by atoms with E-state index in [1.165, 1.54) is 7.11 Å². The fourth-order valence-corrected chi connectivity index (χ4v) is 2.97. The van der Waals surface area contributed by atoms with E-state index in [1.807, 2.05) is 20.8 Å². The summed E-state index contributed by atoms with van der Waals surface area (Å²) in [6, 6.07) is 3.15. The van der Waals surface area contributed by atoms with Gasteiger partial charge in [-0.05, 0) is 32.9 Å². The van der Waals surface area contributed by atoms with E-state index in [4.69, 9.17) is 32.7 Å². The molecule has 0 atom stereocenters. The van der Waals surface area contributed by atoms with Crippen LogP contribution in [0.25, 0.3) is 0 Å². The number of benzene rings is 1. The second-order valence-electron chi connectivity index (χ2n) is 6.70. The van der Waals surface area contributed by atoms with Crippen molar-refractivity contribution in [2.75, 3.05) is 33.3 Å². The first-order valence-electron chi connectivity index (χ1n) is 7.93. The van der Waals surface area contributed by atoms with Gasteiger partial charge in [0.2, 0.25) is 0 Å². The third kappa shape index (κ3) is 4.70. The minimum Gasteiger partial charge on any atom is -0.494 e. The third-order valence-electron chi connectivity index (χ3n) is 3.70. The Morgan fingerprint density at radius 3 is 2.04 bits per heavy atom. The Morgan fingerprint density at radius 2 is 1.52 bits per heavy atom. The number of amides is 2. The molecule has 1 heterocycles. The molecule has 1 aromatic carbocycles. The van der Waals surface area contributed by atoms with Crippen LogP contribution in [-0.4, -0.2) is 60.7 Å². The van der Waals surface area contributed by atoms with Crippen LogP contribution in [0.3, 0.4) is 0 Å². The lowest BCUT2D eigenvalue weighted by molar-refractivity contribution is 0.0140. The molecule has 0 N–H and O–H groups in total. The zero-order valence-electron chi connectivity index (χ0n) is 14.8. The molecular weight excluding hydrogens is 367 g/mol. The van der Waals surface area contributed by atoms with Gasteiger partial charge in [-0.15, -0.1) is 0 Å². The van der Waals surface area contributed by atoms with Crippen LogP contribution in [0, 0.1) is 0 Å². The Kier molecular flexibility index (Phi) is 6.06. The molecule has 0 spiro atoms. The van der Waals surface area contributed by atoms with Crippen LogP contribution in [0.5, 0.6) is 5.75 Å². The van der Waals surface area contributed by atoms with Crippen LogP contribution in [0.2, 0.25) is 10.0 Å². The molecule has 0 saturated carbocycles. The summed E-state index contributed by atoms with van der Waals surface area (Å²) < 4.78 is 10.6. The van der Waals surface area contributed by atoms with Gasteiger partial charge in [0.1, 0.15) is 11.2 Å². The summed E-state index contributed by atoms with van der Waals surface area (Å²) in [5.41, 5.74) is -0.312. The van der Waals surface area contributed by atoms with Gasteiger partial charge in [-0.2, -0.15) is 0 Å². The molecule has 0 bridgehead atoms. The van der Waals surface area contributed by atoms with E-state index >= 15 is 0 Å². The van der Waals surface area contributed by atoms with Gasteiger partial charge in [0.05, 0.1) is 17.2 Å². The summed E-state index contributed by atoms with van der Waals surface area (Å²) in [6.07, 6.45) is -0.377. The van der Waals surface area contributed by atoms with Crippen molar-refractivity contribution in [3.05, 3.63) is 27.7 Å². The molecule has 1 aromatic rings. The third-order valence-corrected chi connectivity index (χ3v) is 4.31. The maximum absolute atomic E-state index is 12.8. The summed E-state index contributed by atoms with van der Waals surface area (Å²) >= 11 is 12.3. The molecule has 138 valence electrons. The maximum atomic E-state index is 12.8. The van der Waals surface area contributed by atoms with Crippen molar-refractivity contribution in [2.45, 2.75) is 26.4 Å². The molecule has 8 heteroatoms. The predicted octanol–water partition coefficient (Wildman–Crippen LogP) is 3.69.